The maximum Gasteiger partial charge on any atom is 0.244 e. The summed E-state index contributed by atoms with van der Waals surface area (Å²) in [5, 5.41) is 2.93. The van der Waals surface area contributed by atoms with Crippen molar-refractivity contribution < 1.29 is 14.3 Å². The third kappa shape index (κ3) is 4.93. The summed E-state index contributed by atoms with van der Waals surface area (Å²) in [7, 11) is 0. The molecular weight excluding hydrogens is 352 g/mol. The van der Waals surface area contributed by atoms with Crippen LogP contribution < -0.4 is 14.8 Å². The predicted molar refractivity (Wildman–Crippen MR) is 109 cm³/mol. The lowest BCUT2D eigenvalue weighted by molar-refractivity contribution is -0.116. The molecule has 0 bridgehead atoms. The third-order valence-electron chi connectivity index (χ3n) is 5.17. The molecule has 0 aromatic heterocycles. The summed E-state index contributed by atoms with van der Waals surface area (Å²) >= 11 is 0. The fourth-order valence-corrected chi connectivity index (χ4v) is 3.58. The fourth-order valence-electron chi connectivity index (χ4n) is 3.58. The summed E-state index contributed by atoms with van der Waals surface area (Å²) in [6, 6.07) is 14.1. The number of nitrogens with zero attached hydrogens (tertiary/aromatic N) is 1. The van der Waals surface area contributed by atoms with Crippen LogP contribution in [0.5, 0.6) is 11.5 Å². The molecule has 0 saturated carbocycles. The highest BCUT2D eigenvalue weighted by Crippen LogP contribution is 2.32. The van der Waals surface area contributed by atoms with Gasteiger partial charge in [-0.25, -0.2) is 0 Å². The lowest BCUT2D eigenvalue weighted by Crippen LogP contribution is -2.29. The highest BCUT2D eigenvalue weighted by atomic mass is 16.7. The number of fused-ring (bicyclic) bond motifs is 1. The number of nitrogens with one attached hydrogen (secondary N) is 1. The zero-order valence-electron chi connectivity index (χ0n) is 16.0. The number of amides is 1. The molecule has 146 valence electrons. The standard InChI is InChI=1S/C23H26N2O3/c26-23(11-9-18-8-10-21-22(14-18)28-17-27-21)24-15-19-4-6-20(7-5-19)16-25-12-2-1-3-13-25/h4-11,14H,1-3,12-13,15-17H2,(H,24,26)/b11-9+. The highest BCUT2D eigenvalue weighted by Gasteiger charge is 2.12. The lowest BCUT2D eigenvalue weighted by Gasteiger charge is -2.26. The molecule has 1 N–H and O–H groups in total. The van der Waals surface area contributed by atoms with Crippen molar-refractivity contribution in [2.45, 2.75) is 32.4 Å². The minimum absolute atomic E-state index is 0.116. The van der Waals surface area contributed by atoms with Gasteiger partial charge in [0.25, 0.3) is 0 Å². The van der Waals surface area contributed by atoms with Gasteiger partial charge in [0.15, 0.2) is 11.5 Å². The Labute approximate surface area is 165 Å². The molecule has 5 heteroatoms. The SMILES string of the molecule is O=C(/C=C/c1ccc2c(c1)OCO2)NCc1ccc(CN2CCCCC2)cc1. The predicted octanol–water partition coefficient (Wildman–Crippen LogP) is 3.73. The molecule has 0 aliphatic carbocycles. The number of rotatable bonds is 6. The van der Waals surface area contributed by atoms with Gasteiger partial charge in [0, 0.05) is 19.2 Å². The Morgan fingerprint density at radius 1 is 0.964 bits per heavy atom. The van der Waals surface area contributed by atoms with Crippen molar-refractivity contribution in [1.82, 2.24) is 10.2 Å². The quantitative estimate of drug-likeness (QED) is 0.778. The van der Waals surface area contributed by atoms with E-state index in [4.69, 9.17) is 9.47 Å². The largest absolute Gasteiger partial charge is 0.454 e. The zero-order chi connectivity index (χ0) is 19.2. The van der Waals surface area contributed by atoms with E-state index < -0.39 is 0 Å². The van der Waals surface area contributed by atoms with Gasteiger partial charge in [-0.3, -0.25) is 9.69 Å². The van der Waals surface area contributed by atoms with Crippen LogP contribution in [0, 0.1) is 0 Å². The van der Waals surface area contributed by atoms with Gasteiger partial charge >= 0.3 is 0 Å². The highest BCUT2D eigenvalue weighted by molar-refractivity contribution is 5.91. The number of piperidine rings is 1. The monoisotopic (exact) mass is 378 g/mol. The molecule has 1 amide bonds. The number of likely N-dealkylation sites (tertiary alicyclic amines) is 1. The maximum atomic E-state index is 12.1. The molecule has 4 rings (SSSR count). The molecule has 2 aromatic carbocycles. The van der Waals surface area contributed by atoms with Gasteiger partial charge in [-0.2, -0.15) is 0 Å². The first-order valence-electron chi connectivity index (χ1n) is 9.92. The van der Waals surface area contributed by atoms with E-state index in [9.17, 15) is 4.79 Å². The van der Waals surface area contributed by atoms with Crippen molar-refractivity contribution in [1.29, 1.82) is 0 Å². The Hall–Kier alpha value is -2.79. The van der Waals surface area contributed by atoms with Gasteiger partial charge in [0.05, 0.1) is 0 Å². The Morgan fingerprint density at radius 2 is 1.71 bits per heavy atom. The summed E-state index contributed by atoms with van der Waals surface area (Å²) < 4.78 is 10.6. The van der Waals surface area contributed by atoms with Crippen LogP contribution in [0.25, 0.3) is 6.08 Å². The summed E-state index contributed by atoms with van der Waals surface area (Å²) in [6.07, 6.45) is 7.30. The van der Waals surface area contributed by atoms with Gasteiger partial charge in [0.1, 0.15) is 0 Å². The van der Waals surface area contributed by atoms with Crippen molar-refractivity contribution in [3.63, 3.8) is 0 Å². The second kappa shape index (κ2) is 8.93. The van der Waals surface area contributed by atoms with Crippen molar-refractivity contribution in [3.05, 3.63) is 65.2 Å². The summed E-state index contributed by atoms with van der Waals surface area (Å²) in [5.74, 6) is 1.34. The van der Waals surface area contributed by atoms with Crippen LogP contribution in [0.1, 0.15) is 36.0 Å². The maximum absolute atomic E-state index is 12.1. The van der Waals surface area contributed by atoms with Crippen LogP contribution in [0.15, 0.2) is 48.5 Å². The topological polar surface area (TPSA) is 50.8 Å². The Kier molecular flexibility index (Phi) is 5.92. The molecule has 2 heterocycles. The summed E-state index contributed by atoms with van der Waals surface area (Å²) in [6.45, 7) is 4.19. The first-order valence-corrected chi connectivity index (χ1v) is 9.92. The average Bonchev–Trinajstić information content (AvgIpc) is 3.20. The first kappa shape index (κ1) is 18.6. The molecule has 1 saturated heterocycles. The number of ether oxygens (including phenoxy) is 2. The lowest BCUT2D eigenvalue weighted by atomic mass is 10.1. The molecule has 0 unspecified atom stereocenters. The van der Waals surface area contributed by atoms with E-state index in [-0.39, 0.29) is 12.7 Å². The van der Waals surface area contributed by atoms with Crippen molar-refractivity contribution in [2.75, 3.05) is 19.9 Å². The van der Waals surface area contributed by atoms with Crippen molar-refractivity contribution in [2.24, 2.45) is 0 Å². The second-order valence-corrected chi connectivity index (χ2v) is 7.32. The summed E-state index contributed by atoms with van der Waals surface area (Å²) in [4.78, 5) is 14.6. The molecule has 2 aromatic rings. The van der Waals surface area contributed by atoms with Gasteiger partial charge < -0.3 is 14.8 Å². The van der Waals surface area contributed by atoms with Crippen LogP contribution in [-0.2, 0) is 17.9 Å². The van der Waals surface area contributed by atoms with Crippen LogP contribution in [0.4, 0.5) is 0 Å². The van der Waals surface area contributed by atoms with E-state index in [0.717, 1.165) is 23.4 Å². The molecule has 5 nitrogen and oxygen atoms in total. The van der Waals surface area contributed by atoms with E-state index in [2.05, 4.69) is 34.5 Å². The van der Waals surface area contributed by atoms with E-state index >= 15 is 0 Å². The smallest absolute Gasteiger partial charge is 0.244 e. The van der Waals surface area contributed by atoms with Crippen LogP contribution in [-0.4, -0.2) is 30.7 Å². The van der Waals surface area contributed by atoms with Crippen LogP contribution in [0.3, 0.4) is 0 Å². The number of hydrogen-bond donors (Lipinski definition) is 1. The third-order valence-corrected chi connectivity index (χ3v) is 5.17. The van der Waals surface area contributed by atoms with Crippen LogP contribution >= 0.6 is 0 Å². The molecule has 1 fully saturated rings. The van der Waals surface area contributed by atoms with Gasteiger partial charge in [0.2, 0.25) is 12.7 Å². The van der Waals surface area contributed by atoms with Gasteiger partial charge in [-0.15, -0.1) is 0 Å². The molecular formula is C23H26N2O3. The fraction of sp³-hybridized carbons (Fsp3) is 0.348. The number of benzene rings is 2. The summed E-state index contributed by atoms with van der Waals surface area (Å²) in [5.41, 5.74) is 3.34. The molecule has 0 spiro atoms. The van der Waals surface area contributed by atoms with E-state index in [1.165, 1.54) is 37.9 Å². The molecule has 28 heavy (non-hydrogen) atoms. The molecule has 2 aliphatic rings. The van der Waals surface area contributed by atoms with E-state index in [1.807, 2.05) is 18.2 Å². The second-order valence-electron chi connectivity index (χ2n) is 7.32. The minimum atomic E-state index is -0.116. The zero-order valence-corrected chi connectivity index (χ0v) is 16.0. The first-order chi connectivity index (χ1) is 13.8. The Morgan fingerprint density at radius 3 is 2.54 bits per heavy atom. The average molecular weight is 378 g/mol. The van der Waals surface area contributed by atoms with Crippen molar-refractivity contribution in [3.8, 4) is 11.5 Å². The molecule has 0 atom stereocenters. The Bertz CT molecular complexity index is 839. The van der Waals surface area contributed by atoms with Gasteiger partial charge in [-0.05, 0) is 60.8 Å². The van der Waals surface area contributed by atoms with Crippen LogP contribution in [0.2, 0.25) is 0 Å². The van der Waals surface area contributed by atoms with Crippen molar-refractivity contribution >= 4 is 12.0 Å². The number of carbonyl (C=O) groups is 1. The van der Waals surface area contributed by atoms with E-state index in [1.54, 1.807) is 12.2 Å². The molecule has 0 radical (unpaired) electrons. The van der Waals surface area contributed by atoms with E-state index in [0.29, 0.717) is 12.3 Å². The minimum Gasteiger partial charge on any atom is -0.454 e. The van der Waals surface area contributed by atoms with Gasteiger partial charge in [-0.1, -0.05) is 36.8 Å². The normalized spacial score (nSPS) is 16.4. The number of carbonyl (C=O) groups excluding carboxylic acids is 1. The number of hydrogen-bond acceptors (Lipinski definition) is 4. The Balaban J connectivity index is 1.25. The molecule has 2 aliphatic heterocycles.